The average molecular weight is 599 g/mol. The summed E-state index contributed by atoms with van der Waals surface area (Å²) < 4.78 is 0. The molecule has 7 aromatic carbocycles. The van der Waals surface area contributed by atoms with Gasteiger partial charge in [-0.25, -0.2) is 4.98 Å². The van der Waals surface area contributed by atoms with Crippen LogP contribution in [0, 0.1) is 6.92 Å². The molecule has 0 aliphatic rings. The summed E-state index contributed by atoms with van der Waals surface area (Å²) in [6, 6.07) is 58.6. The van der Waals surface area contributed by atoms with E-state index < -0.39 is 0 Å². The standard InChI is InChI=1S/C45H30N2/c1-29-27-40(39-25-23-32-24-26-41(30-13-4-2-5-14-30)47-44(32)45(39)46-29)33-17-12-18-34(28-33)43-37-21-10-8-19-35(37)42(31-15-6-3-7-16-31)36-20-9-11-22-38(36)43/h2-28H,1H3. The topological polar surface area (TPSA) is 25.8 Å². The van der Waals surface area contributed by atoms with Crippen molar-refractivity contribution < 1.29 is 0 Å². The van der Waals surface area contributed by atoms with E-state index in [4.69, 9.17) is 9.97 Å². The van der Waals surface area contributed by atoms with Crippen molar-refractivity contribution in [2.45, 2.75) is 6.92 Å². The van der Waals surface area contributed by atoms with Crippen molar-refractivity contribution in [3.63, 3.8) is 0 Å². The molecule has 0 fully saturated rings. The quantitative estimate of drug-likeness (QED) is 0.149. The molecule has 0 saturated carbocycles. The molecule has 9 aromatic rings. The number of hydrogen-bond donors (Lipinski definition) is 0. The molecular formula is C45H30N2. The van der Waals surface area contributed by atoms with E-state index in [9.17, 15) is 0 Å². The first-order valence-electron chi connectivity index (χ1n) is 16.1. The second kappa shape index (κ2) is 11.0. The van der Waals surface area contributed by atoms with Crippen LogP contribution in [0.4, 0.5) is 0 Å². The molecule has 0 spiro atoms. The van der Waals surface area contributed by atoms with Crippen LogP contribution in [-0.4, -0.2) is 9.97 Å². The lowest BCUT2D eigenvalue weighted by atomic mass is 9.85. The van der Waals surface area contributed by atoms with Crippen LogP contribution in [0.2, 0.25) is 0 Å². The molecule has 0 saturated heterocycles. The number of rotatable bonds is 4. The van der Waals surface area contributed by atoms with Crippen LogP contribution in [0.25, 0.3) is 88.0 Å². The summed E-state index contributed by atoms with van der Waals surface area (Å²) in [6.45, 7) is 2.08. The lowest BCUT2D eigenvalue weighted by Gasteiger charge is -2.18. The number of pyridine rings is 2. The van der Waals surface area contributed by atoms with E-state index in [1.54, 1.807) is 0 Å². The van der Waals surface area contributed by atoms with Gasteiger partial charge in [-0.15, -0.1) is 0 Å². The first-order chi connectivity index (χ1) is 23.2. The minimum absolute atomic E-state index is 0.929. The Labute approximate surface area is 273 Å². The predicted molar refractivity (Wildman–Crippen MR) is 199 cm³/mol. The van der Waals surface area contributed by atoms with Crippen LogP contribution in [0.5, 0.6) is 0 Å². The van der Waals surface area contributed by atoms with E-state index in [0.29, 0.717) is 0 Å². The predicted octanol–water partition coefficient (Wildman–Crippen LogP) is 12.1. The molecule has 2 nitrogen and oxygen atoms in total. The number of aryl methyl sites for hydroxylation is 1. The minimum Gasteiger partial charge on any atom is -0.251 e. The van der Waals surface area contributed by atoms with E-state index in [0.717, 1.165) is 49.9 Å². The highest BCUT2D eigenvalue weighted by Gasteiger charge is 2.18. The Morgan fingerprint density at radius 1 is 0.362 bits per heavy atom. The van der Waals surface area contributed by atoms with Crippen molar-refractivity contribution in [3.05, 3.63) is 169 Å². The monoisotopic (exact) mass is 598 g/mol. The summed E-state index contributed by atoms with van der Waals surface area (Å²) in [4.78, 5) is 10.2. The molecule has 9 rings (SSSR count). The summed E-state index contributed by atoms with van der Waals surface area (Å²) in [5.74, 6) is 0. The highest BCUT2D eigenvalue weighted by molar-refractivity contribution is 6.21. The van der Waals surface area contributed by atoms with Crippen molar-refractivity contribution >= 4 is 43.4 Å². The molecule has 0 atom stereocenters. The van der Waals surface area contributed by atoms with E-state index in [1.807, 2.05) is 6.07 Å². The molecule has 0 unspecified atom stereocenters. The van der Waals surface area contributed by atoms with Crippen molar-refractivity contribution in [3.8, 4) is 44.6 Å². The molecular weight excluding hydrogens is 569 g/mol. The summed E-state index contributed by atoms with van der Waals surface area (Å²) >= 11 is 0. The van der Waals surface area contributed by atoms with Crippen LogP contribution in [0.15, 0.2) is 164 Å². The average Bonchev–Trinajstić information content (AvgIpc) is 3.14. The number of nitrogens with zero attached hydrogens (tertiary/aromatic N) is 2. The number of benzene rings is 7. The molecule has 0 N–H and O–H groups in total. The summed E-state index contributed by atoms with van der Waals surface area (Å²) in [6.07, 6.45) is 0. The molecule has 0 amide bonds. The fraction of sp³-hybridized carbons (Fsp3) is 0.0222. The summed E-state index contributed by atoms with van der Waals surface area (Å²) in [7, 11) is 0. The van der Waals surface area contributed by atoms with Gasteiger partial charge < -0.3 is 0 Å². The number of aromatic nitrogens is 2. The van der Waals surface area contributed by atoms with Gasteiger partial charge in [0.2, 0.25) is 0 Å². The lowest BCUT2D eigenvalue weighted by Crippen LogP contribution is -1.94. The zero-order chi connectivity index (χ0) is 31.3. The maximum absolute atomic E-state index is 5.15. The third kappa shape index (κ3) is 4.57. The lowest BCUT2D eigenvalue weighted by molar-refractivity contribution is 1.25. The second-order valence-electron chi connectivity index (χ2n) is 12.2. The number of hydrogen-bond acceptors (Lipinski definition) is 2. The Morgan fingerprint density at radius 2 is 0.894 bits per heavy atom. The maximum Gasteiger partial charge on any atom is 0.0974 e. The largest absolute Gasteiger partial charge is 0.251 e. The minimum atomic E-state index is 0.929. The molecule has 47 heavy (non-hydrogen) atoms. The van der Waals surface area contributed by atoms with Crippen molar-refractivity contribution in [1.29, 1.82) is 0 Å². The third-order valence-electron chi connectivity index (χ3n) is 9.29. The normalized spacial score (nSPS) is 11.5. The van der Waals surface area contributed by atoms with Gasteiger partial charge in [-0.3, -0.25) is 4.98 Å². The van der Waals surface area contributed by atoms with Crippen LogP contribution in [-0.2, 0) is 0 Å². The van der Waals surface area contributed by atoms with Gasteiger partial charge in [-0.1, -0.05) is 146 Å². The zero-order valence-electron chi connectivity index (χ0n) is 26.0. The van der Waals surface area contributed by atoms with Gasteiger partial charge in [0.1, 0.15) is 0 Å². The van der Waals surface area contributed by atoms with Crippen LogP contribution >= 0.6 is 0 Å². The Hall–Kier alpha value is -6.12. The van der Waals surface area contributed by atoms with E-state index in [1.165, 1.54) is 43.8 Å². The molecule has 2 heteroatoms. The fourth-order valence-electron chi connectivity index (χ4n) is 7.21. The van der Waals surface area contributed by atoms with E-state index in [-0.39, 0.29) is 0 Å². The van der Waals surface area contributed by atoms with Crippen LogP contribution in [0.1, 0.15) is 5.69 Å². The second-order valence-corrected chi connectivity index (χ2v) is 12.2. The maximum atomic E-state index is 5.15. The first kappa shape index (κ1) is 27.2. The Balaban J connectivity index is 1.28. The molecule has 220 valence electrons. The summed E-state index contributed by atoms with van der Waals surface area (Å²) in [5.41, 5.74) is 12.2. The first-order valence-corrected chi connectivity index (χ1v) is 16.1. The number of fused-ring (bicyclic) bond motifs is 5. The van der Waals surface area contributed by atoms with Crippen molar-refractivity contribution in [2.24, 2.45) is 0 Å². The Bertz CT molecular complexity index is 2570. The van der Waals surface area contributed by atoms with E-state index in [2.05, 4.69) is 165 Å². The highest BCUT2D eigenvalue weighted by atomic mass is 14.8. The van der Waals surface area contributed by atoms with Gasteiger partial charge >= 0.3 is 0 Å². The molecule has 0 aliphatic heterocycles. The smallest absolute Gasteiger partial charge is 0.0974 e. The van der Waals surface area contributed by atoms with E-state index >= 15 is 0 Å². The molecule has 0 radical (unpaired) electrons. The van der Waals surface area contributed by atoms with Gasteiger partial charge in [0.15, 0.2) is 0 Å². The van der Waals surface area contributed by atoms with Gasteiger partial charge in [-0.2, -0.15) is 0 Å². The molecule has 0 bridgehead atoms. The zero-order valence-corrected chi connectivity index (χ0v) is 26.0. The molecule has 2 aromatic heterocycles. The Morgan fingerprint density at radius 3 is 1.55 bits per heavy atom. The fourth-order valence-corrected chi connectivity index (χ4v) is 7.21. The van der Waals surface area contributed by atoms with Gasteiger partial charge in [-0.05, 0) is 80.0 Å². The molecule has 2 heterocycles. The van der Waals surface area contributed by atoms with Gasteiger partial charge in [0, 0.05) is 22.0 Å². The van der Waals surface area contributed by atoms with Gasteiger partial charge in [0.05, 0.1) is 16.7 Å². The Kier molecular flexibility index (Phi) is 6.39. The third-order valence-corrected chi connectivity index (χ3v) is 9.29. The van der Waals surface area contributed by atoms with Gasteiger partial charge in [0.25, 0.3) is 0 Å². The SMILES string of the molecule is Cc1cc(-c2cccc(-c3c4ccccc4c(-c4ccccc4)c4ccccc34)c2)c2ccc3ccc(-c4ccccc4)nc3c2n1. The van der Waals surface area contributed by atoms with Crippen molar-refractivity contribution in [2.75, 3.05) is 0 Å². The van der Waals surface area contributed by atoms with Crippen LogP contribution < -0.4 is 0 Å². The molecule has 0 aliphatic carbocycles. The summed E-state index contributed by atoms with van der Waals surface area (Å²) in [5, 5.41) is 7.21. The van der Waals surface area contributed by atoms with Crippen LogP contribution in [0.3, 0.4) is 0 Å². The highest BCUT2D eigenvalue weighted by Crippen LogP contribution is 2.44. The van der Waals surface area contributed by atoms with Crippen molar-refractivity contribution in [1.82, 2.24) is 9.97 Å².